The van der Waals surface area contributed by atoms with Gasteiger partial charge in [-0.25, -0.2) is 4.68 Å². The number of carbonyl (C=O) groups is 2. The number of aryl methyl sites for hydroxylation is 2. The Morgan fingerprint density at radius 2 is 1.41 bits per heavy atom. The van der Waals surface area contributed by atoms with Crippen LogP contribution in [0.15, 0.2) is 133 Å². The van der Waals surface area contributed by atoms with Crippen molar-refractivity contribution in [2.24, 2.45) is 0 Å². The molecule has 0 aliphatic rings. The van der Waals surface area contributed by atoms with Crippen molar-refractivity contribution in [1.82, 2.24) is 15.1 Å². The normalized spacial score (nSPS) is 10.8. The second kappa shape index (κ2) is 12.6. The van der Waals surface area contributed by atoms with Crippen molar-refractivity contribution < 1.29 is 9.59 Å². The van der Waals surface area contributed by atoms with Crippen molar-refractivity contribution in [2.45, 2.75) is 20.4 Å². The van der Waals surface area contributed by atoms with Crippen molar-refractivity contribution in [1.29, 1.82) is 0 Å². The lowest BCUT2D eigenvalue weighted by Crippen LogP contribution is -2.23. The van der Waals surface area contributed by atoms with Gasteiger partial charge in [0.25, 0.3) is 11.8 Å². The maximum absolute atomic E-state index is 13.3. The number of carbonyl (C=O) groups excluding carboxylic acids is 2. The smallest absolute Gasteiger partial charge is 0.256 e. The van der Waals surface area contributed by atoms with Crippen LogP contribution < -0.4 is 10.6 Å². The number of benzene rings is 5. The van der Waals surface area contributed by atoms with Gasteiger partial charge in [-0.05, 0) is 73.0 Å². The highest BCUT2D eigenvalue weighted by atomic mass is 16.2. The molecule has 0 bridgehead atoms. The average Bonchev–Trinajstić information content (AvgIpc) is 3.46. The standard InChI is InChI=1S/C38H32N4O2/c1-26-15-19-29(20-16-26)34-13-6-7-14-35(34)38(44)40-32-12-8-11-31(24-32)37(43)39-25-28-17-21-33(22-18-28)42-36(23-27(2)41-42)30-9-4-3-5-10-30/h3-24H,25H2,1-2H3,(H,39,43)(H,40,44). The Balaban J connectivity index is 1.11. The summed E-state index contributed by atoms with van der Waals surface area (Å²) in [5, 5.41) is 10.6. The van der Waals surface area contributed by atoms with Crippen LogP contribution in [0, 0.1) is 13.8 Å². The fourth-order valence-corrected chi connectivity index (χ4v) is 5.15. The van der Waals surface area contributed by atoms with E-state index in [0.29, 0.717) is 23.4 Å². The Hall–Kier alpha value is -5.75. The molecule has 2 amide bonds. The molecule has 0 atom stereocenters. The maximum Gasteiger partial charge on any atom is 0.256 e. The van der Waals surface area contributed by atoms with Gasteiger partial charge in [-0.1, -0.05) is 96.6 Å². The average molecular weight is 577 g/mol. The lowest BCUT2D eigenvalue weighted by atomic mass is 9.98. The quantitative estimate of drug-likeness (QED) is 0.193. The summed E-state index contributed by atoms with van der Waals surface area (Å²) < 4.78 is 1.94. The monoisotopic (exact) mass is 576 g/mol. The minimum absolute atomic E-state index is 0.223. The van der Waals surface area contributed by atoms with Gasteiger partial charge in [0.05, 0.1) is 17.1 Å². The van der Waals surface area contributed by atoms with Crippen LogP contribution in [0.1, 0.15) is 37.5 Å². The molecule has 2 N–H and O–H groups in total. The Labute approximate surface area is 257 Å². The van der Waals surface area contributed by atoms with Gasteiger partial charge in [0.15, 0.2) is 0 Å². The molecule has 0 unspecified atom stereocenters. The summed E-state index contributed by atoms with van der Waals surface area (Å²) in [7, 11) is 0. The summed E-state index contributed by atoms with van der Waals surface area (Å²) in [4.78, 5) is 26.3. The van der Waals surface area contributed by atoms with E-state index in [1.54, 1.807) is 24.3 Å². The molecule has 0 aliphatic heterocycles. The number of amides is 2. The molecule has 5 aromatic carbocycles. The molecule has 0 fully saturated rings. The molecular weight excluding hydrogens is 544 g/mol. The van der Waals surface area contributed by atoms with Crippen LogP contribution in [0.2, 0.25) is 0 Å². The summed E-state index contributed by atoms with van der Waals surface area (Å²) in [6.07, 6.45) is 0. The van der Waals surface area contributed by atoms with Crippen molar-refractivity contribution in [3.05, 3.63) is 161 Å². The first kappa shape index (κ1) is 28.4. The number of rotatable bonds is 8. The SMILES string of the molecule is Cc1ccc(-c2ccccc2C(=O)Nc2cccc(C(=O)NCc3ccc(-n4nc(C)cc4-c4ccccc4)cc3)c2)cc1. The largest absolute Gasteiger partial charge is 0.348 e. The molecule has 0 saturated carbocycles. The summed E-state index contributed by atoms with van der Waals surface area (Å²) >= 11 is 0. The van der Waals surface area contributed by atoms with Crippen LogP contribution in [0.3, 0.4) is 0 Å². The number of aromatic nitrogens is 2. The predicted octanol–water partition coefficient (Wildman–Crippen LogP) is 8.01. The van der Waals surface area contributed by atoms with Gasteiger partial charge in [-0.15, -0.1) is 0 Å². The second-order valence-electron chi connectivity index (χ2n) is 10.7. The van der Waals surface area contributed by atoms with E-state index >= 15 is 0 Å². The highest BCUT2D eigenvalue weighted by Gasteiger charge is 2.14. The van der Waals surface area contributed by atoms with Gasteiger partial charge in [-0.3, -0.25) is 9.59 Å². The molecule has 1 aromatic heterocycles. The zero-order chi connectivity index (χ0) is 30.5. The summed E-state index contributed by atoms with van der Waals surface area (Å²) in [5.41, 5.74) is 9.52. The van der Waals surface area contributed by atoms with Crippen molar-refractivity contribution >= 4 is 17.5 Å². The van der Waals surface area contributed by atoms with Crippen LogP contribution in [0.5, 0.6) is 0 Å². The molecule has 6 heteroatoms. The number of nitrogens with zero attached hydrogens (tertiary/aromatic N) is 2. The molecule has 216 valence electrons. The van der Waals surface area contributed by atoms with Crippen LogP contribution >= 0.6 is 0 Å². The zero-order valence-electron chi connectivity index (χ0n) is 24.6. The number of hydrogen-bond donors (Lipinski definition) is 2. The zero-order valence-corrected chi connectivity index (χ0v) is 24.6. The minimum Gasteiger partial charge on any atom is -0.348 e. The molecule has 44 heavy (non-hydrogen) atoms. The molecule has 6 rings (SSSR count). The summed E-state index contributed by atoms with van der Waals surface area (Å²) in [5.74, 6) is -0.457. The fourth-order valence-electron chi connectivity index (χ4n) is 5.15. The van der Waals surface area contributed by atoms with E-state index < -0.39 is 0 Å². The van der Waals surface area contributed by atoms with Crippen molar-refractivity contribution in [3.8, 4) is 28.1 Å². The van der Waals surface area contributed by atoms with Gasteiger partial charge in [0, 0.05) is 28.9 Å². The number of nitrogens with one attached hydrogen (secondary N) is 2. The topological polar surface area (TPSA) is 76.0 Å². The van der Waals surface area contributed by atoms with E-state index in [1.165, 1.54) is 0 Å². The Morgan fingerprint density at radius 3 is 2.18 bits per heavy atom. The van der Waals surface area contributed by atoms with E-state index in [1.807, 2.05) is 110 Å². The van der Waals surface area contributed by atoms with Gasteiger partial charge in [0.1, 0.15) is 0 Å². The summed E-state index contributed by atoms with van der Waals surface area (Å²) in [6, 6.07) is 42.8. The Morgan fingerprint density at radius 1 is 0.682 bits per heavy atom. The molecule has 0 spiro atoms. The van der Waals surface area contributed by atoms with Gasteiger partial charge < -0.3 is 10.6 Å². The molecule has 0 saturated heterocycles. The third kappa shape index (κ3) is 6.35. The first-order chi connectivity index (χ1) is 21.4. The van der Waals surface area contributed by atoms with Crippen molar-refractivity contribution in [2.75, 3.05) is 5.32 Å². The summed E-state index contributed by atoms with van der Waals surface area (Å²) in [6.45, 7) is 4.38. The molecule has 6 aromatic rings. The first-order valence-electron chi connectivity index (χ1n) is 14.5. The van der Waals surface area contributed by atoms with Gasteiger partial charge in [-0.2, -0.15) is 5.10 Å². The van der Waals surface area contributed by atoms with Crippen LogP contribution in [-0.2, 0) is 6.54 Å². The van der Waals surface area contributed by atoms with E-state index in [2.05, 4.69) is 33.9 Å². The Kier molecular flexibility index (Phi) is 8.15. The fraction of sp³-hybridized carbons (Fsp3) is 0.0789. The molecule has 1 heterocycles. The first-order valence-corrected chi connectivity index (χ1v) is 14.5. The van der Waals surface area contributed by atoms with Crippen LogP contribution in [-0.4, -0.2) is 21.6 Å². The van der Waals surface area contributed by atoms with Crippen LogP contribution in [0.25, 0.3) is 28.1 Å². The number of anilines is 1. The maximum atomic E-state index is 13.3. The van der Waals surface area contributed by atoms with Crippen LogP contribution in [0.4, 0.5) is 5.69 Å². The van der Waals surface area contributed by atoms with E-state index in [9.17, 15) is 9.59 Å². The molecule has 0 aliphatic carbocycles. The molecule has 6 nitrogen and oxygen atoms in total. The second-order valence-corrected chi connectivity index (χ2v) is 10.7. The van der Waals surface area contributed by atoms with E-state index in [0.717, 1.165) is 44.9 Å². The van der Waals surface area contributed by atoms with E-state index in [-0.39, 0.29) is 11.8 Å². The Bertz CT molecular complexity index is 1920. The highest BCUT2D eigenvalue weighted by Crippen LogP contribution is 2.26. The minimum atomic E-state index is -0.235. The predicted molar refractivity (Wildman–Crippen MR) is 176 cm³/mol. The number of hydrogen-bond acceptors (Lipinski definition) is 3. The van der Waals surface area contributed by atoms with Crippen molar-refractivity contribution in [3.63, 3.8) is 0 Å². The third-order valence-electron chi connectivity index (χ3n) is 7.45. The van der Waals surface area contributed by atoms with E-state index in [4.69, 9.17) is 0 Å². The van der Waals surface area contributed by atoms with Gasteiger partial charge in [0.2, 0.25) is 0 Å². The third-order valence-corrected chi connectivity index (χ3v) is 7.45. The molecular formula is C38H32N4O2. The van der Waals surface area contributed by atoms with Gasteiger partial charge >= 0.3 is 0 Å². The highest BCUT2D eigenvalue weighted by molar-refractivity contribution is 6.09. The molecule has 0 radical (unpaired) electrons. The lowest BCUT2D eigenvalue weighted by Gasteiger charge is -2.12. The lowest BCUT2D eigenvalue weighted by molar-refractivity contribution is 0.0949.